The van der Waals surface area contributed by atoms with Gasteiger partial charge in [-0.05, 0) is 41.5 Å². The van der Waals surface area contributed by atoms with Crippen LogP contribution in [0.25, 0.3) is 0 Å². The molecule has 3 rings (SSSR count). The molecule has 0 fully saturated rings. The van der Waals surface area contributed by atoms with Gasteiger partial charge in [0.05, 0.1) is 6.54 Å². The normalized spacial score (nSPS) is 10.5. The Kier molecular flexibility index (Phi) is 3.96. The molecule has 0 saturated heterocycles. The zero-order valence-corrected chi connectivity index (χ0v) is 11.5. The molecule has 1 aromatic heterocycles. The van der Waals surface area contributed by atoms with Crippen LogP contribution >= 0.6 is 0 Å². The second kappa shape index (κ2) is 6.22. The minimum absolute atomic E-state index is 0.205. The van der Waals surface area contributed by atoms with Crippen molar-refractivity contribution in [3.63, 3.8) is 0 Å². The second-order valence-corrected chi connectivity index (χ2v) is 4.88. The number of anilines is 1. The molecule has 0 saturated carbocycles. The van der Waals surface area contributed by atoms with E-state index in [1.54, 1.807) is 18.3 Å². The Morgan fingerprint density at radius 1 is 1.00 bits per heavy atom. The van der Waals surface area contributed by atoms with Gasteiger partial charge in [0.1, 0.15) is 5.82 Å². The van der Waals surface area contributed by atoms with Crippen molar-refractivity contribution in [3.05, 3.63) is 83.9 Å². The van der Waals surface area contributed by atoms with Gasteiger partial charge in [0.15, 0.2) is 0 Å². The van der Waals surface area contributed by atoms with Crippen molar-refractivity contribution in [2.45, 2.75) is 13.1 Å². The summed E-state index contributed by atoms with van der Waals surface area (Å²) in [7, 11) is 0. The molecule has 0 amide bonds. The van der Waals surface area contributed by atoms with Gasteiger partial charge in [-0.3, -0.25) is 4.68 Å². The lowest BCUT2D eigenvalue weighted by Gasteiger charge is -2.08. The lowest BCUT2D eigenvalue weighted by atomic mass is 10.2. The molecule has 0 aliphatic rings. The largest absolute Gasteiger partial charge is 0.381 e. The zero-order valence-electron chi connectivity index (χ0n) is 11.5. The highest BCUT2D eigenvalue weighted by molar-refractivity contribution is 5.45. The Labute approximate surface area is 123 Å². The smallest absolute Gasteiger partial charge is 0.123 e. The van der Waals surface area contributed by atoms with Gasteiger partial charge in [0.25, 0.3) is 0 Å². The Balaban J connectivity index is 1.59. The molecule has 0 aliphatic carbocycles. The number of hydrogen-bond acceptors (Lipinski definition) is 2. The number of hydrogen-bond donors (Lipinski definition) is 1. The van der Waals surface area contributed by atoms with E-state index in [1.165, 1.54) is 11.6 Å². The third-order valence-electron chi connectivity index (χ3n) is 3.24. The SMILES string of the molecule is Fc1cccc(CNc2ccc(Cn3cccn3)cc2)c1. The van der Waals surface area contributed by atoms with E-state index in [2.05, 4.69) is 22.5 Å². The Morgan fingerprint density at radius 3 is 2.57 bits per heavy atom. The standard InChI is InChI=1S/C17H16FN3/c18-16-4-1-3-15(11-16)12-19-17-7-5-14(6-8-17)13-21-10-2-9-20-21/h1-11,19H,12-13H2. The summed E-state index contributed by atoms with van der Waals surface area (Å²) in [5.41, 5.74) is 3.13. The van der Waals surface area contributed by atoms with Gasteiger partial charge in [0.2, 0.25) is 0 Å². The van der Waals surface area contributed by atoms with E-state index < -0.39 is 0 Å². The first kappa shape index (κ1) is 13.4. The van der Waals surface area contributed by atoms with Crippen LogP contribution in [0, 0.1) is 5.82 Å². The molecule has 0 aliphatic heterocycles. The summed E-state index contributed by atoms with van der Waals surface area (Å²) in [6.07, 6.45) is 3.71. The van der Waals surface area contributed by atoms with Gasteiger partial charge < -0.3 is 5.32 Å². The minimum Gasteiger partial charge on any atom is -0.381 e. The van der Waals surface area contributed by atoms with Gasteiger partial charge in [-0.2, -0.15) is 5.10 Å². The summed E-state index contributed by atoms with van der Waals surface area (Å²) >= 11 is 0. The molecule has 1 N–H and O–H groups in total. The van der Waals surface area contributed by atoms with Crippen LogP contribution in [-0.4, -0.2) is 9.78 Å². The van der Waals surface area contributed by atoms with E-state index in [0.717, 1.165) is 17.8 Å². The molecule has 3 aromatic rings. The molecular formula is C17H16FN3. The molecule has 4 heteroatoms. The van der Waals surface area contributed by atoms with Crippen LogP contribution in [0.2, 0.25) is 0 Å². The summed E-state index contributed by atoms with van der Waals surface area (Å²) in [5, 5.41) is 7.47. The Hall–Kier alpha value is -2.62. The van der Waals surface area contributed by atoms with E-state index in [1.807, 2.05) is 35.1 Å². The lowest BCUT2D eigenvalue weighted by Crippen LogP contribution is -2.01. The quantitative estimate of drug-likeness (QED) is 0.773. The fourth-order valence-corrected chi connectivity index (χ4v) is 2.16. The second-order valence-electron chi connectivity index (χ2n) is 4.88. The molecule has 21 heavy (non-hydrogen) atoms. The third kappa shape index (κ3) is 3.69. The fraction of sp³-hybridized carbons (Fsp3) is 0.118. The van der Waals surface area contributed by atoms with Crippen LogP contribution < -0.4 is 5.32 Å². The monoisotopic (exact) mass is 281 g/mol. The maximum absolute atomic E-state index is 13.1. The van der Waals surface area contributed by atoms with Crippen molar-refractivity contribution < 1.29 is 4.39 Å². The number of nitrogens with one attached hydrogen (secondary N) is 1. The topological polar surface area (TPSA) is 29.9 Å². The van der Waals surface area contributed by atoms with E-state index in [-0.39, 0.29) is 5.82 Å². The van der Waals surface area contributed by atoms with Crippen LogP contribution in [0.4, 0.5) is 10.1 Å². The zero-order chi connectivity index (χ0) is 14.5. The molecule has 0 bridgehead atoms. The molecule has 2 aromatic carbocycles. The van der Waals surface area contributed by atoms with E-state index >= 15 is 0 Å². The summed E-state index contributed by atoms with van der Waals surface area (Å²) in [5.74, 6) is -0.205. The third-order valence-corrected chi connectivity index (χ3v) is 3.24. The highest BCUT2D eigenvalue weighted by Crippen LogP contribution is 2.12. The maximum atomic E-state index is 13.1. The van der Waals surface area contributed by atoms with E-state index in [0.29, 0.717) is 6.54 Å². The predicted molar refractivity (Wildman–Crippen MR) is 81.5 cm³/mol. The average molecular weight is 281 g/mol. The number of halogens is 1. The Bertz CT molecular complexity index is 690. The Morgan fingerprint density at radius 2 is 1.86 bits per heavy atom. The minimum atomic E-state index is -0.205. The van der Waals surface area contributed by atoms with Crippen LogP contribution in [0.1, 0.15) is 11.1 Å². The highest BCUT2D eigenvalue weighted by atomic mass is 19.1. The van der Waals surface area contributed by atoms with E-state index in [9.17, 15) is 4.39 Å². The summed E-state index contributed by atoms with van der Waals surface area (Å²) < 4.78 is 15.0. The molecular weight excluding hydrogens is 265 g/mol. The van der Waals surface area contributed by atoms with Crippen molar-refractivity contribution in [1.29, 1.82) is 0 Å². The summed E-state index contributed by atoms with van der Waals surface area (Å²) in [6.45, 7) is 1.37. The number of aromatic nitrogens is 2. The molecule has 1 heterocycles. The van der Waals surface area contributed by atoms with Gasteiger partial charge in [-0.25, -0.2) is 4.39 Å². The fourth-order valence-electron chi connectivity index (χ4n) is 2.16. The van der Waals surface area contributed by atoms with Crippen molar-refractivity contribution in [1.82, 2.24) is 9.78 Å². The summed E-state index contributed by atoms with van der Waals surface area (Å²) in [4.78, 5) is 0. The van der Waals surface area contributed by atoms with Crippen molar-refractivity contribution in [2.75, 3.05) is 5.32 Å². The highest BCUT2D eigenvalue weighted by Gasteiger charge is 1.98. The van der Waals surface area contributed by atoms with Crippen LogP contribution in [0.3, 0.4) is 0 Å². The predicted octanol–water partition coefficient (Wildman–Crippen LogP) is 3.68. The lowest BCUT2D eigenvalue weighted by molar-refractivity contribution is 0.626. The molecule has 3 nitrogen and oxygen atoms in total. The van der Waals surface area contributed by atoms with Gasteiger partial charge in [-0.15, -0.1) is 0 Å². The van der Waals surface area contributed by atoms with Crippen molar-refractivity contribution in [3.8, 4) is 0 Å². The van der Waals surface area contributed by atoms with Crippen molar-refractivity contribution in [2.24, 2.45) is 0 Å². The van der Waals surface area contributed by atoms with E-state index in [4.69, 9.17) is 0 Å². The first-order valence-corrected chi connectivity index (χ1v) is 6.84. The van der Waals surface area contributed by atoms with Gasteiger partial charge in [0, 0.05) is 24.6 Å². The molecule has 0 unspecified atom stereocenters. The molecule has 0 atom stereocenters. The molecule has 0 spiro atoms. The van der Waals surface area contributed by atoms with Crippen LogP contribution in [0.15, 0.2) is 67.0 Å². The maximum Gasteiger partial charge on any atom is 0.123 e. The van der Waals surface area contributed by atoms with Gasteiger partial charge >= 0.3 is 0 Å². The number of rotatable bonds is 5. The molecule has 106 valence electrons. The first-order chi connectivity index (χ1) is 10.3. The van der Waals surface area contributed by atoms with Crippen LogP contribution in [0.5, 0.6) is 0 Å². The van der Waals surface area contributed by atoms with Gasteiger partial charge in [-0.1, -0.05) is 24.3 Å². The first-order valence-electron chi connectivity index (χ1n) is 6.84. The molecule has 0 radical (unpaired) electrons. The average Bonchev–Trinajstić information content (AvgIpc) is 3.00. The number of nitrogens with zero attached hydrogens (tertiary/aromatic N) is 2. The summed E-state index contributed by atoms with van der Waals surface area (Å²) in [6, 6.07) is 16.7. The number of benzene rings is 2. The van der Waals surface area contributed by atoms with Crippen LogP contribution in [-0.2, 0) is 13.1 Å². The van der Waals surface area contributed by atoms with Crippen molar-refractivity contribution >= 4 is 5.69 Å².